The maximum absolute atomic E-state index is 13.5. The van der Waals surface area contributed by atoms with Crippen LogP contribution >= 0.6 is 11.8 Å². The monoisotopic (exact) mass is 616 g/mol. The summed E-state index contributed by atoms with van der Waals surface area (Å²) >= 11 is 1.42. The minimum Gasteiger partial charge on any atom is -0.458 e. The van der Waals surface area contributed by atoms with Crippen molar-refractivity contribution in [3.05, 3.63) is 47.2 Å². The van der Waals surface area contributed by atoms with Crippen molar-refractivity contribution in [2.24, 2.45) is 5.92 Å². The summed E-state index contributed by atoms with van der Waals surface area (Å²) in [6.45, 7) is 16.1. The van der Waals surface area contributed by atoms with Gasteiger partial charge in [-0.15, -0.1) is 11.8 Å². The Bertz CT molecular complexity index is 1270. The van der Waals surface area contributed by atoms with Crippen LogP contribution < -0.4 is 16.0 Å². The lowest BCUT2D eigenvalue weighted by molar-refractivity contribution is -0.159. The molecule has 236 valence electrons. The molecule has 12 heteroatoms. The average Bonchev–Trinajstić information content (AvgIpc) is 2.87. The first kappa shape index (κ1) is 34.0. The van der Waals surface area contributed by atoms with Gasteiger partial charge in [-0.2, -0.15) is 0 Å². The Morgan fingerprint density at radius 2 is 1.58 bits per heavy atom. The van der Waals surface area contributed by atoms with Crippen LogP contribution in [0.5, 0.6) is 0 Å². The van der Waals surface area contributed by atoms with Gasteiger partial charge in [-0.25, -0.2) is 9.59 Å². The van der Waals surface area contributed by atoms with E-state index in [1.165, 1.54) is 16.7 Å². The van der Waals surface area contributed by atoms with Crippen molar-refractivity contribution >= 4 is 41.5 Å². The standard InChI is InChI=1S/C31H44N4O7S/c1-17(2)15-20(28(39)41-30(4,5)6)32-25(37)23-18(3)16-43-27-22(26(38)35(23)27)33-24(36)21(19-13-11-10-12-14-19)34-29(40)42-31(7,8)9/h10-14,17,20-22,27H,15-16H2,1-9H3,(H,32,37)(H,33,36)(H,34,40)/t20-,21-,22+,27+/m0/s1. The number of nitrogens with one attached hydrogen (secondary N) is 3. The third-order valence-electron chi connectivity index (χ3n) is 6.43. The van der Waals surface area contributed by atoms with Gasteiger partial charge in [0, 0.05) is 5.75 Å². The van der Waals surface area contributed by atoms with E-state index in [0.717, 1.165) is 0 Å². The Kier molecular flexibility index (Phi) is 10.6. The largest absolute Gasteiger partial charge is 0.458 e. The lowest BCUT2D eigenvalue weighted by atomic mass is 10.00. The molecule has 2 aliphatic rings. The number of benzene rings is 1. The highest BCUT2D eigenvalue weighted by atomic mass is 32.2. The maximum Gasteiger partial charge on any atom is 0.408 e. The van der Waals surface area contributed by atoms with Gasteiger partial charge in [0.05, 0.1) is 0 Å². The molecule has 0 aromatic heterocycles. The summed E-state index contributed by atoms with van der Waals surface area (Å²) < 4.78 is 10.9. The molecule has 3 rings (SSSR count). The number of alkyl carbamates (subject to hydrolysis) is 1. The van der Waals surface area contributed by atoms with Gasteiger partial charge in [-0.05, 0) is 71.9 Å². The molecule has 0 radical (unpaired) electrons. The lowest BCUT2D eigenvalue weighted by Gasteiger charge is -2.50. The number of nitrogens with zero attached hydrogens (tertiary/aromatic N) is 1. The second-order valence-electron chi connectivity index (χ2n) is 13.2. The Hall–Kier alpha value is -3.54. The number of rotatable bonds is 9. The molecule has 1 saturated heterocycles. The number of carbonyl (C=O) groups excluding carboxylic acids is 5. The fraction of sp³-hybridized carbons (Fsp3) is 0.581. The predicted octanol–water partition coefficient (Wildman–Crippen LogP) is 3.80. The molecule has 3 N–H and O–H groups in total. The molecule has 0 spiro atoms. The molecule has 1 aromatic rings. The second-order valence-corrected chi connectivity index (χ2v) is 14.3. The molecule has 0 saturated carbocycles. The number of ether oxygens (including phenoxy) is 2. The predicted molar refractivity (Wildman–Crippen MR) is 164 cm³/mol. The van der Waals surface area contributed by atoms with Crippen molar-refractivity contribution in [1.82, 2.24) is 20.9 Å². The maximum atomic E-state index is 13.5. The molecule has 0 unspecified atom stereocenters. The normalized spacial score (nSPS) is 20.0. The van der Waals surface area contributed by atoms with E-state index in [1.807, 2.05) is 13.8 Å². The number of hydrogen-bond donors (Lipinski definition) is 3. The number of hydrogen-bond acceptors (Lipinski definition) is 8. The number of esters is 1. The number of fused-ring (bicyclic) bond motifs is 1. The van der Waals surface area contributed by atoms with Crippen LogP contribution in [-0.2, 0) is 28.7 Å². The van der Waals surface area contributed by atoms with E-state index in [2.05, 4.69) is 16.0 Å². The third kappa shape index (κ3) is 8.98. The fourth-order valence-corrected chi connectivity index (χ4v) is 5.98. The molecular formula is C31H44N4O7S. The Morgan fingerprint density at radius 1 is 0.977 bits per heavy atom. The van der Waals surface area contributed by atoms with Gasteiger partial charge in [0.25, 0.3) is 11.8 Å². The molecule has 4 atom stereocenters. The average molecular weight is 617 g/mol. The van der Waals surface area contributed by atoms with Crippen molar-refractivity contribution < 1.29 is 33.4 Å². The van der Waals surface area contributed by atoms with Crippen LogP contribution in [0.1, 0.15) is 80.3 Å². The zero-order valence-corrected chi connectivity index (χ0v) is 27.2. The topological polar surface area (TPSA) is 143 Å². The highest BCUT2D eigenvalue weighted by Gasteiger charge is 2.54. The van der Waals surface area contributed by atoms with Crippen molar-refractivity contribution in [3.63, 3.8) is 0 Å². The van der Waals surface area contributed by atoms with Gasteiger partial charge in [-0.1, -0.05) is 44.2 Å². The Morgan fingerprint density at radius 3 is 2.14 bits per heavy atom. The van der Waals surface area contributed by atoms with Gasteiger partial charge in [0.15, 0.2) is 0 Å². The number of carbonyl (C=O) groups is 5. The Balaban J connectivity index is 1.76. The van der Waals surface area contributed by atoms with Crippen LogP contribution in [0.25, 0.3) is 0 Å². The minimum atomic E-state index is -1.11. The highest BCUT2D eigenvalue weighted by Crippen LogP contribution is 2.40. The number of β-lactam (4-membered cyclic amide) rings is 1. The van der Waals surface area contributed by atoms with E-state index in [0.29, 0.717) is 23.3 Å². The van der Waals surface area contributed by atoms with Crippen LogP contribution in [0.3, 0.4) is 0 Å². The fourth-order valence-electron chi connectivity index (χ4n) is 4.69. The first-order valence-corrected chi connectivity index (χ1v) is 15.5. The van der Waals surface area contributed by atoms with Gasteiger partial charge in [0.2, 0.25) is 5.91 Å². The summed E-state index contributed by atoms with van der Waals surface area (Å²) in [7, 11) is 0. The zero-order valence-electron chi connectivity index (χ0n) is 26.4. The minimum absolute atomic E-state index is 0.0969. The van der Waals surface area contributed by atoms with E-state index in [1.54, 1.807) is 78.8 Å². The second kappa shape index (κ2) is 13.4. The molecule has 2 aliphatic heterocycles. The van der Waals surface area contributed by atoms with Crippen LogP contribution in [0.15, 0.2) is 41.6 Å². The van der Waals surface area contributed by atoms with Crippen molar-refractivity contribution in [2.45, 2.75) is 103 Å². The number of thioether (sulfide) groups is 1. The van der Waals surface area contributed by atoms with Crippen LogP contribution in [-0.4, -0.2) is 69.1 Å². The van der Waals surface area contributed by atoms with Gasteiger partial charge < -0.3 is 25.4 Å². The SMILES string of the molecule is CC1=C(C(=O)N[C@@H](CC(C)C)C(=O)OC(C)(C)C)N2C(=O)[C@@H](NC(=O)[C@@H](NC(=O)OC(C)(C)C)c3ccccc3)[C@H]2SC1. The molecule has 0 aliphatic carbocycles. The van der Waals surface area contributed by atoms with E-state index in [-0.39, 0.29) is 11.6 Å². The zero-order chi connectivity index (χ0) is 32.3. The smallest absolute Gasteiger partial charge is 0.408 e. The summed E-state index contributed by atoms with van der Waals surface area (Å²) in [4.78, 5) is 67.3. The van der Waals surface area contributed by atoms with Crippen LogP contribution in [0.2, 0.25) is 0 Å². The van der Waals surface area contributed by atoms with Crippen molar-refractivity contribution in [2.75, 3.05) is 5.75 Å². The molecule has 1 fully saturated rings. The molecule has 11 nitrogen and oxygen atoms in total. The van der Waals surface area contributed by atoms with Crippen LogP contribution in [0, 0.1) is 5.92 Å². The van der Waals surface area contributed by atoms with E-state index in [4.69, 9.17) is 9.47 Å². The van der Waals surface area contributed by atoms with E-state index >= 15 is 0 Å². The molecule has 2 heterocycles. The van der Waals surface area contributed by atoms with Gasteiger partial charge in [-0.3, -0.25) is 19.3 Å². The summed E-state index contributed by atoms with van der Waals surface area (Å²) in [5, 5.41) is 7.62. The Labute approximate surface area is 257 Å². The molecule has 43 heavy (non-hydrogen) atoms. The van der Waals surface area contributed by atoms with Crippen LogP contribution in [0.4, 0.5) is 4.79 Å². The molecular weight excluding hydrogens is 572 g/mol. The number of amides is 4. The molecule has 1 aromatic carbocycles. The molecule has 4 amide bonds. The summed E-state index contributed by atoms with van der Waals surface area (Å²) in [6.07, 6.45) is -0.410. The molecule has 0 bridgehead atoms. The van der Waals surface area contributed by atoms with E-state index < -0.39 is 64.5 Å². The first-order valence-electron chi connectivity index (χ1n) is 14.4. The van der Waals surface area contributed by atoms with Gasteiger partial charge in [0.1, 0.15) is 40.4 Å². The highest BCUT2D eigenvalue weighted by molar-refractivity contribution is 8.00. The van der Waals surface area contributed by atoms with Gasteiger partial charge >= 0.3 is 12.1 Å². The quantitative estimate of drug-likeness (QED) is 0.281. The van der Waals surface area contributed by atoms with Crippen molar-refractivity contribution in [1.29, 1.82) is 0 Å². The third-order valence-corrected chi connectivity index (χ3v) is 7.86. The first-order chi connectivity index (χ1) is 19.9. The summed E-state index contributed by atoms with van der Waals surface area (Å²) in [5.74, 6) is -1.60. The van der Waals surface area contributed by atoms with Crippen molar-refractivity contribution in [3.8, 4) is 0 Å². The van der Waals surface area contributed by atoms with E-state index in [9.17, 15) is 24.0 Å². The summed E-state index contributed by atoms with van der Waals surface area (Å²) in [5.41, 5.74) is -0.140. The summed E-state index contributed by atoms with van der Waals surface area (Å²) in [6, 6.07) is 5.72. The lowest BCUT2D eigenvalue weighted by Crippen LogP contribution is -2.71.